The molecule has 0 saturated carbocycles. The van der Waals surface area contributed by atoms with Crippen molar-refractivity contribution in [3.63, 3.8) is 0 Å². The van der Waals surface area contributed by atoms with Gasteiger partial charge in [0.1, 0.15) is 5.69 Å². The third kappa shape index (κ3) is 8.88. The van der Waals surface area contributed by atoms with E-state index in [-0.39, 0.29) is 22.5 Å². The van der Waals surface area contributed by atoms with Crippen LogP contribution in [-0.4, -0.2) is 74.8 Å². The molecule has 0 bridgehead atoms. The number of nitro benzene ring substituents is 1. The van der Waals surface area contributed by atoms with Crippen molar-refractivity contribution in [3.8, 4) is 11.1 Å². The van der Waals surface area contributed by atoms with E-state index in [9.17, 15) is 23.3 Å². The number of anilines is 2. The van der Waals surface area contributed by atoms with Gasteiger partial charge in [0.2, 0.25) is 0 Å². The molecule has 0 radical (unpaired) electrons. The second-order valence-corrected chi connectivity index (χ2v) is 16.5. The number of carbonyl (C=O) groups excluding carboxylic acids is 1. The van der Waals surface area contributed by atoms with Crippen molar-refractivity contribution in [3.05, 3.63) is 148 Å². The fourth-order valence-electron chi connectivity index (χ4n) is 6.65. The van der Waals surface area contributed by atoms with Crippen molar-refractivity contribution in [1.29, 1.82) is 0 Å². The van der Waals surface area contributed by atoms with E-state index < -0.39 is 31.4 Å². The van der Waals surface area contributed by atoms with Crippen LogP contribution in [0.5, 0.6) is 0 Å². The number of sulfonamides is 1. The summed E-state index contributed by atoms with van der Waals surface area (Å²) in [6.07, 6.45) is 0. The molecule has 0 spiro atoms. The van der Waals surface area contributed by atoms with Crippen molar-refractivity contribution in [2.45, 2.75) is 27.6 Å². The van der Waals surface area contributed by atoms with Gasteiger partial charge in [0.05, 0.1) is 34.3 Å². The Balaban J connectivity index is 0.952. The highest BCUT2D eigenvalue weighted by Gasteiger charge is 2.32. The van der Waals surface area contributed by atoms with Crippen LogP contribution >= 0.6 is 23.4 Å². The van der Waals surface area contributed by atoms with E-state index in [4.69, 9.17) is 16.3 Å². The lowest BCUT2D eigenvalue weighted by Crippen LogP contribution is -2.46. The number of hydrogen-bond donors (Lipinski definition) is 2. The molecule has 2 atom stereocenters. The van der Waals surface area contributed by atoms with Gasteiger partial charge in [-0.2, -0.15) is 0 Å². The third-order valence-corrected chi connectivity index (χ3v) is 12.4. The van der Waals surface area contributed by atoms with Crippen molar-refractivity contribution in [2.75, 3.05) is 49.6 Å². The van der Waals surface area contributed by atoms with Crippen molar-refractivity contribution in [1.82, 2.24) is 9.62 Å². The molecule has 2 saturated heterocycles. The van der Waals surface area contributed by atoms with Crippen LogP contribution < -0.4 is 14.9 Å². The van der Waals surface area contributed by atoms with E-state index in [0.29, 0.717) is 18.2 Å². The number of nitro groups is 1. The molecule has 0 aromatic heterocycles. The Kier molecular flexibility index (Phi) is 11.5. The zero-order valence-corrected chi connectivity index (χ0v) is 31.5. The van der Waals surface area contributed by atoms with E-state index in [0.717, 1.165) is 54.9 Å². The molecule has 11 nitrogen and oxygen atoms in total. The first-order chi connectivity index (χ1) is 26.1. The van der Waals surface area contributed by atoms with E-state index in [1.165, 1.54) is 23.3 Å². The molecule has 2 aliphatic rings. The van der Waals surface area contributed by atoms with Gasteiger partial charge in [-0.1, -0.05) is 66.2 Å². The SMILES string of the molecule is O=C(NS(=O)(=O)c1ccc(NC2COCC2Sc2ccccc2)c([N+](=O)[O-])c1)c1ccc(N2CCN(Cc3ccccc3-c3ccc(Cl)cc3)CC2)cc1. The molecule has 2 unspecified atom stereocenters. The average Bonchev–Trinajstić information content (AvgIpc) is 3.62. The highest BCUT2D eigenvalue weighted by atomic mass is 35.5. The lowest BCUT2D eigenvalue weighted by molar-refractivity contribution is -0.384. The number of ether oxygens (including phenoxy) is 1. The Morgan fingerprint density at radius 3 is 2.30 bits per heavy atom. The molecule has 2 fully saturated rings. The topological polar surface area (TPSA) is 134 Å². The average molecular weight is 784 g/mol. The number of benzene rings is 5. The molecule has 278 valence electrons. The Labute approximate surface area is 323 Å². The second-order valence-electron chi connectivity index (χ2n) is 13.1. The molecule has 1 amide bonds. The van der Waals surface area contributed by atoms with Crippen LogP contribution in [0.1, 0.15) is 15.9 Å². The number of halogens is 1. The number of carbonyl (C=O) groups is 1. The number of amides is 1. The lowest BCUT2D eigenvalue weighted by atomic mass is 9.99. The van der Waals surface area contributed by atoms with Gasteiger partial charge in [0.25, 0.3) is 21.6 Å². The predicted octanol–water partition coefficient (Wildman–Crippen LogP) is 7.33. The minimum absolute atomic E-state index is 0.0137. The lowest BCUT2D eigenvalue weighted by Gasteiger charge is -2.36. The fraction of sp³-hybridized carbons (Fsp3) is 0.225. The zero-order valence-electron chi connectivity index (χ0n) is 29.1. The van der Waals surface area contributed by atoms with E-state index in [1.54, 1.807) is 36.0 Å². The summed E-state index contributed by atoms with van der Waals surface area (Å²) in [6.45, 7) is 4.87. The fourth-order valence-corrected chi connectivity index (χ4v) is 8.91. The smallest absolute Gasteiger partial charge is 0.293 e. The first-order valence-corrected chi connectivity index (χ1v) is 20.2. The normalized spacial score (nSPS) is 17.6. The van der Waals surface area contributed by atoms with Crippen LogP contribution in [0.4, 0.5) is 17.1 Å². The molecule has 54 heavy (non-hydrogen) atoms. The summed E-state index contributed by atoms with van der Waals surface area (Å²) in [5.74, 6) is -0.834. The highest BCUT2D eigenvalue weighted by molar-refractivity contribution is 8.00. The molecular weight excluding hydrogens is 746 g/mol. The number of nitrogens with zero attached hydrogens (tertiary/aromatic N) is 3. The van der Waals surface area contributed by atoms with Gasteiger partial charge in [0, 0.05) is 60.0 Å². The van der Waals surface area contributed by atoms with Crippen LogP contribution in [-0.2, 0) is 21.3 Å². The largest absolute Gasteiger partial charge is 0.378 e. The maximum atomic E-state index is 13.3. The van der Waals surface area contributed by atoms with Crippen molar-refractivity contribution >= 4 is 56.4 Å². The molecule has 2 N–H and O–H groups in total. The van der Waals surface area contributed by atoms with Gasteiger partial charge in [-0.25, -0.2) is 13.1 Å². The van der Waals surface area contributed by atoms with Crippen LogP contribution in [0.25, 0.3) is 11.1 Å². The predicted molar refractivity (Wildman–Crippen MR) is 213 cm³/mol. The molecule has 5 aromatic rings. The quantitative estimate of drug-likeness (QED) is 0.0979. The maximum absolute atomic E-state index is 13.3. The summed E-state index contributed by atoms with van der Waals surface area (Å²) >= 11 is 7.71. The molecule has 2 heterocycles. The minimum atomic E-state index is -4.43. The maximum Gasteiger partial charge on any atom is 0.293 e. The molecule has 2 aliphatic heterocycles. The highest BCUT2D eigenvalue weighted by Crippen LogP contribution is 2.34. The second kappa shape index (κ2) is 16.6. The first-order valence-electron chi connectivity index (χ1n) is 17.5. The summed E-state index contributed by atoms with van der Waals surface area (Å²) in [6, 6.07) is 36.1. The van der Waals surface area contributed by atoms with Crippen molar-refractivity contribution in [2.24, 2.45) is 0 Å². The summed E-state index contributed by atoms with van der Waals surface area (Å²) in [7, 11) is -4.43. The van der Waals surface area contributed by atoms with E-state index in [1.807, 2.05) is 60.7 Å². The van der Waals surface area contributed by atoms with Gasteiger partial charge in [-0.3, -0.25) is 19.8 Å². The summed E-state index contributed by atoms with van der Waals surface area (Å²) in [4.78, 5) is 29.8. The van der Waals surface area contributed by atoms with E-state index >= 15 is 0 Å². The van der Waals surface area contributed by atoms with Gasteiger partial charge in [0.15, 0.2) is 0 Å². The standard InChI is InChI=1S/C40H38ClN5O6S2/c41-31-14-10-28(11-15-31)35-9-5-4-6-30(35)25-44-20-22-45(23-21-44)32-16-12-29(13-17-32)40(47)43-54(50,51)34-18-19-36(38(24-34)46(48)49)42-37-26-52-27-39(37)53-33-7-2-1-3-8-33/h1-19,24,37,39,42H,20-23,25-27H2,(H,43,47). The van der Waals surface area contributed by atoms with Crippen LogP contribution in [0, 0.1) is 10.1 Å². The Morgan fingerprint density at radius 2 is 1.57 bits per heavy atom. The summed E-state index contributed by atoms with van der Waals surface area (Å²) < 4.78 is 34.3. The number of nitrogens with one attached hydrogen (secondary N) is 2. The van der Waals surface area contributed by atoms with Crippen LogP contribution in [0.2, 0.25) is 5.02 Å². The van der Waals surface area contributed by atoms with Gasteiger partial charge >= 0.3 is 0 Å². The minimum Gasteiger partial charge on any atom is -0.378 e. The number of thioether (sulfide) groups is 1. The van der Waals surface area contributed by atoms with Gasteiger partial charge in [-0.05, 0) is 77.4 Å². The summed E-state index contributed by atoms with van der Waals surface area (Å²) in [5, 5.41) is 15.9. The number of hydrogen-bond acceptors (Lipinski definition) is 10. The van der Waals surface area contributed by atoms with E-state index in [2.05, 4.69) is 38.0 Å². The van der Waals surface area contributed by atoms with Crippen molar-refractivity contribution < 1.29 is 22.9 Å². The number of piperazine rings is 1. The third-order valence-electron chi connectivity index (χ3n) is 9.54. The van der Waals surface area contributed by atoms with Gasteiger partial charge < -0.3 is 15.0 Å². The van der Waals surface area contributed by atoms with Crippen LogP contribution in [0.3, 0.4) is 0 Å². The van der Waals surface area contributed by atoms with Gasteiger partial charge in [-0.15, -0.1) is 11.8 Å². The number of rotatable bonds is 12. The zero-order chi connectivity index (χ0) is 37.7. The summed E-state index contributed by atoms with van der Waals surface area (Å²) in [5.41, 5.74) is 4.37. The molecule has 14 heteroatoms. The first kappa shape index (κ1) is 37.4. The van der Waals surface area contributed by atoms with Crippen LogP contribution in [0.15, 0.2) is 131 Å². The molecule has 5 aromatic carbocycles. The monoisotopic (exact) mass is 783 g/mol. The molecule has 7 rings (SSSR count). The molecule has 0 aliphatic carbocycles. The Morgan fingerprint density at radius 1 is 0.870 bits per heavy atom. The Hall–Kier alpha value is -4.92. The molecular formula is C40H38ClN5O6S2. The Bertz CT molecular complexity index is 2220.